The van der Waals surface area contributed by atoms with Gasteiger partial charge in [0.05, 0.1) is 18.7 Å². The van der Waals surface area contributed by atoms with E-state index in [2.05, 4.69) is 11.4 Å². The predicted molar refractivity (Wildman–Crippen MR) is 100 cm³/mol. The molecule has 0 saturated heterocycles. The van der Waals surface area contributed by atoms with Crippen LogP contribution in [0.4, 0.5) is 4.39 Å². The molecule has 5 heteroatoms. The molecule has 2 aromatic carbocycles. The van der Waals surface area contributed by atoms with Crippen LogP contribution in [0.15, 0.2) is 60.0 Å². The second kappa shape index (κ2) is 6.92. The zero-order chi connectivity index (χ0) is 18.1. The van der Waals surface area contributed by atoms with Crippen molar-refractivity contribution in [2.75, 3.05) is 13.7 Å². The number of rotatable bonds is 3. The normalized spacial score (nSPS) is 16.2. The van der Waals surface area contributed by atoms with Gasteiger partial charge in [0.15, 0.2) is 0 Å². The molecule has 3 nitrogen and oxygen atoms in total. The third-order valence-electron chi connectivity index (χ3n) is 4.76. The van der Waals surface area contributed by atoms with Crippen LogP contribution in [0.25, 0.3) is 0 Å². The number of ether oxygens (including phenoxy) is 1. The van der Waals surface area contributed by atoms with E-state index >= 15 is 0 Å². The number of amides is 1. The van der Waals surface area contributed by atoms with Gasteiger partial charge in [-0.25, -0.2) is 4.39 Å². The van der Waals surface area contributed by atoms with Crippen molar-refractivity contribution in [2.24, 2.45) is 0 Å². The van der Waals surface area contributed by atoms with E-state index in [0.29, 0.717) is 6.54 Å². The van der Waals surface area contributed by atoms with Crippen LogP contribution in [0.5, 0.6) is 5.75 Å². The first kappa shape index (κ1) is 16.8. The van der Waals surface area contributed by atoms with E-state index in [9.17, 15) is 9.18 Å². The molecule has 0 saturated carbocycles. The summed E-state index contributed by atoms with van der Waals surface area (Å²) in [5.74, 6) is 0.00458. The van der Waals surface area contributed by atoms with Gasteiger partial charge in [-0.2, -0.15) is 0 Å². The van der Waals surface area contributed by atoms with Crippen molar-refractivity contribution in [1.82, 2.24) is 4.90 Å². The highest BCUT2D eigenvalue weighted by molar-refractivity contribution is 7.10. The van der Waals surface area contributed by atoms with Crippen molar-refractivity contribution in [3.8, 4) is 5.75 Å². The van der Waals surface area contributed by atoms with Crippen molar-refractivity contribution >= 4 is 17.2 Å². The molecule has 4 rings (SSSR count). The maximum Gasteiger partial charge on any atom is 0.257 e. The van der Waals surface area contributed by atoms with Crippen LogP contribution < -0.4 is 4.74 Å². The molecule has 1 aliphatic heterocycles. The highest BCUT2D eigenvalue weighted by Crippen LogP contribution is 2.39. The second-order valence-electron chi connectivity index (χ2n) is 6.20. The van der Waals surface area contributed by atoms with Gasteiger partial charge < -0.3 is 9.64 Å². The quantitative estimate of drug-likeness (QED) is 0.672. The lowest BCUT2D eigenvalue weighted by molar-refractivity contribution is 0.0691. The lowest BCUT2D eigenvalue weighted by Crippen LogP contribution is -2.40. The SMILES string of the molecule is COc1ccc([C@H]2c3ccsc3CCN2C(=O)c2ccccc2F)cc1. The molecule has 26 heavy (non-hydrogen) atoms. The molecule has 1 aromatic heterocycles. The topological polar surface area (TPSA) is 29.5 Å². The molecule has 0 bridgehead atoms. The molecular formula is C21H18FNO2S. The molecule has 132 valence electrons. The monoisotopic (exact) mass is 367 g/mol. The number of hydrogen-bond acceptors (Lipinski definition) is 3. The third kappa shape index (κ3) is 2.88. The molecular weight excluding hydrogens is 349 g/mol. The third-order valence-corrected chi connectivity index (χ3v) is 5.76. The molecule has 0 N–H and O–H groups in total. The van der Waals surface area contributed by atoms with E-state index in [-0.39, 0.29) is 17.5 Å². The maximum atomic E-state index is 14.2. The number of hydrogen-bond donors (Lipinski definition) is 0. The minimum atomic E-state index is -0.484. The lowest BCUT2D eigenvalue weighted by Gasteiger charge is -2.36. The number of carbonyl (C=O) groups excluding carboxylic acids is 1. The Morgan fingerprint density at radius 3 is 2.65 bits per heavy atom. The Hall–Kier alpha value is -2.66. The van der Waals surface area contributed by atoms with Gasteiger partial charge in [-0.15, -0.1) is 11.3 Å². The van der Waals surface area contributed by atoms with Gasteiger partial charge >= 0.3 is 0 Å². The predicted octanol–water partition coefficient (Wildman–Crippen LogP) is 4.68. The minimum Gasteiger partial charge on any atom is -0.497 e. The molecule has 0 spiro atoms. The smallest absolute Gasteiger partial charge is 0.257 e. The van der Waals surface area contributed by atoms with Gasteiger partial charge in [0.2, 0.25) is 0 Å². The average Bonchev–Trinajstić information content (AvgIpc) is 3.16. The van der Waals surface area contributed by atoms with Crippen LogP contribution in [0, 0.1) is 5.82 Å². The summed E-state index contributed by atoms with van der Waals surface area (Å²) in [4.78, 5) is 16.2. The number of benzene rings is 2. The Morgan fingerprint density at radius 2 is 1.92 bits per heavy atom. The lowest BCUT2D eigenvalue weighted by atomic mass is 9.92. The number of halogens is 1. The molecule has 2 heterocycles. The summed E-state index contributed by atoms with van der Waals surface area (Å²) in [5, 5.41) is 2.05. The molecule has 0 fully saturated rings. The zero-order valence-corrected chi connectivity index (χ0v) is 15.1. The van der Waals surface area contributed by atoms with E-state index in [1.54, 1.807) is 41.5 Å². The maximum absolute atomic E-state index is 14.2. The first-order chi connectivity index (χ1) is 12.7. The van der Waals surface area contributed by atoms with Gasteiger partial charge in [0.25, 0.3) is 5.91 Å². The van der Waals surface area contributed by atoms with Crippen LogP contribution in [-0.2, 0) is 6.42 Å². The summed E-state index contributed by atoms with van der Waals surface area (Å²) in [6.45, 7) is 0.567. The Labute approximate surface area is 155 Å². The Bertz CT molecular complexity index is 935. The number of methoxy groups -OCH3 is 1. The molecule has 1 amide bonds. The fourth-order valence-corrected chi connectivity index (χ4v) is 4.37. The fourth-order valence-electron chi connectivity index (χ4n) is 3.47. The molecule has 0 unspecified atom stereocenters. The van der Waals surface area contributed by atoms with Gasteiger partial charge in [0, 0.05) is 11.4 Å². The van der Waals surface area contributed by atoms with E-state index in [1.807, 2.05) is 24.3 Å². The van der Waals surface area contributed by atoms with Crippen LogP contribution in [0.1, 0.15) is 32.4 Å². The Balaban J connectivity index is 1.77. The summed E-state index contributed by atoms with van der Waals surface area (Å²) in [7, 11) is 1.63. The summed E-state index contributed by atoms with van der Waals surface area (Å²) >= 11 is 1.71. The fraction of sp³-hybridized carbons (Fsp3) is 0.190. The molecule has 1 atom stereocenters. The molecule has 3 aromatic rings. The largest absolute Gasteiger partial charge is 0.497 e. The molecule has 0 radical (unpaired) electrons. The molecule has 0 aliphatic carbocycles. The van der Waals surface area contributed by atoms with Gasteiger partial charge in [-0.3, -0.25) is 4.79 Å². The molecule has 1 aliphatic rings. The average molecular weight is 367 g/mol. The standard InChI is InChI=1S/C21H18FNO2S/c1-25-15-8-6-14(7-9-15)20-17-11-13-26-19(17)10-12-23(20)21(24)16-4-2-3-5-18(16)22/h2-9,11,13,20H,10,12H2,1H3/t20-/m0/s1. The van der Waals surface area contributed by atoms with Crippen molar-refractivity contribution in [1.29, 1.82) is 0 Å². The van der Waals surface area contributed by atoms with Crippen molar-refractivity contribution in [2.45, 2.75) is 12.5 Å². The number of nitrogens with zero attached hydrogens (tertiary/aromatic N) is 1. The van der Waals surface area contributed by atoms with E-state index in [4.69, 9.17) is 4.74 Å². The zero-order valence-electron chi connectivity index (χ0n) is 14.3. The summed E-state index contributed by atoms with van der Waals surface area (Å²) < 4.78 is 19.4. The van der Waals surface area contributed by atoms with Crippen molar-refractivity contribution < 1.29 is 13.9 Å². The first-order valence-electron chi connectivity index (χ1n) is 8.44. The Kier molecular flexibility index (Phi) is 4.47. The summed E-state index contributed by atoms with van der Waals surface area (Å²) in [6, 6.07) is 15.7. The highest BCUT2D eigenvalue weighted by atomic mass is 32.1. The number of carbonyl (C=O) groups is 1. The van der Waals surface area contributed by atoms with E-state index in [0.717, 1.165) is 23.3 Å². The number of fused-ring (bicyclic) bond motifs is 1. The van der Waals surface area contributed by atoms with Crippen LogP contribution in [-0.4, -0.2) is 24.5 Å². The van der Waals surface area contributed by atoms with Gasteiger partial charge in [0.1, 0.15) is 11.6 Å². The minimum absolute atomic E-state index is 0.115. The van der Waals surface area contributed by atoms with E-state index < -0.39 is 5.82 Å². The van der Waals surface area contributed by atoms with Crippen LogP contribution in [0.2, 0.25) is 0 Å². The Morgan fingerprint density at radius 1 is 1.15 bits per heavy atom. The summed E-state index contributed by atoms with van der Waals surface area (Å²) in [6.07, 6.45) is 0.792. The van der Waals surface area contributed by atoms with Crippen LogP contribution in [0.3, 0.4) is 0 Å². The van der Waals surface area contributed by atoms with Gasteiger partial charge in [-0.05, 0) is 53.3 Å². The van der Waals surface area contributed by atoms with Gasteiger partial charge in [-0.1, -0.05) is 24.3 Å². The highest BCUT2D eigenvalue weighted by Gasteiger charge is 2.34. The summed E-state index contributed by atoms with van der Waals surface area (Å²) in [5.41, 5.74) is 2.23. The number of thiophene rings is 1. The van der Waals surface area contributed by atoms with Crippen molar-refractivity contribution in [3.05, 3.63) is 87.4 Å². The van der Waals surface area contributed by atoms with Crippen LogP contribution >= 0.6 is 11.3 Å². The van der Waals surface area contributed by atoms with E-state index in [1.165, 1.54) is 10.9 Å². The second-order valence-corrected chi connectivity index (χ2v) is 7.20. The first-order valence-corrected chi connectivity index (χ1v) is 9.32. The van der Waals surface area contributed by atoms with Crippen molar-refractivity contribution in [3.63, 3.8) is 0 Å².